The molecule has 4 rings (SSSR count). The number of nitro groups is 1. The number of hydrogen-bond donors (Lipinski definition) is 0. The number of non-ortho nitro benzene ring substituents is 1. The van der Waals surface area contributed by atoms with Gasteiger partial charge >= 0.3 is 6.09 Å². The van der Waals surface area contributed by atoms with Gasteiger partial charge in [-0.15, -0.1) is 0 Å². The van der Waals surface area contributed by atoms with Gasteiger partial charge in [0.25, 0.3) is 5.69 Å². The highest BCUT2D eigenvalue weighted by atomic mass is 16.6. The van der Waals surface area contributed by atoms with E-state index in [-0.39, 0.29) is 5.69 Å². The van der Waals surface area contributed by atoms with Crippen LogP contribution in [0.4, 0.5) is 21.9 Å². The lowest BCUT2D eigenvalue weighted by atomic mass is 9.86. The number of amides is 1. The summed E-state index contributed by atoms with van der Waals surface area (Å²) in [7, 11) is 0. The van der Waals surface area contributed by atoms with E-state index in [4.69, 9.17) is 4.74 Å². The van der Waals surface area contributed by atoms with Crippen LogP contribution in [0.2, 0.25) is 0 Å². The first kappa shape index (κ1) is 15.0. The number of benzene rings is 1. The molecule has 1 aromatic rings. The summed E-state index contributed by atoms with van der Waals surface area (Å²) in [6, 6.07) is 4.77. The third-order valence-corrected chi connectivity index (χ3v) is 5.18. The number of nitro benzene ring substituents is 1. The van der Waals surface area contributed by atoms with Gasteiger partial charge in [-0.3, -0.25) is 15.0 Å². The van der Waals surface area contributed by atoms with Crippen molar-refractivity contribution >= 4 is 23.2 Å². The van der Waals surface area contributed by atoms with Crippen molar-refractivity contribution in [1.29, 1.82) is 0 Å². The Kier molecular flexibility index (Phi) is 3.63. The summed E-state index contributed by atoms with van der Waals surface area (Å²) in [4.78, 5) is 26.4. The highest BCUT2D eigenvalue weighted by molar-refractivity contribution is 5.94. The molecule has 3 aliphatic rings. The van der Waals surface area contributed by atoms with Crippen LogP contribution in [-0.2, 0) is 4.74 Å². The lowest BCUT2D eigenvalue weighted by Crippen LogP contribution is -2.28. The highest BCUT2D eigenvalue weighted by Gasteiger charge is 2.36. The molecule has 7 nitrogen and oxygen atoms in total. The fourth-order valence-corrected chi connectivity index (χ4v) is 3.93. The van der Waals surface area contributed by atoms with Crippen molar-refractivity contribution in [1.82, 2.24) is 0 Å². The molecular weight excluding hydrogens is 310 g/mol. The van der Waals surface area contributed by atoms with Crippen LogP contribution in [0.25, 0.3) is 0 Å². The first-order valence-corrected chi connectivity index (χ1v) is 8.26. The van der Waals surface area contributed by atoms with E-state index in [1.807, 2.05) is 0 Å². The van der Waals surface area contributed by atoms with E-state index in [9.17, 15) is 14.9 Å². The van der Waals surface area contributed by atoms with E-state index in [0.29, 0.717) is 30.7 Å². The van der Waals surface area contributed by atoms with Crippen molar-refractivity contribution < 1.29 is 14.5 Å². The largest absolute Gasteiger partial charge is 0.447 e. The lowest BCUT2D eigenvalue weighted by molar-refractivity contribution is -0.384. The monoisotopic (exact) mass is 329 g/mol. The van der Waals surface area contributed by atoms with Crippen LogP contribution in [-0.4, -0.2) is 37.3 Å². The Hall–Kier alpha value is -2.57. The van der Waals surface area contributed by atoms with Gasteiger partial charge in [-0.1, -0.05) is 12.2 Å². The smallest absolute Gasteiger partial charge is 0.414 e. The van der Waals surface area contributed by atoms with Crippen LogP contribution in [0.1, 0.15) is 12.8 Å². The minimum atomic E-state index is -0.435. The van der Waals surface area contributed by atoms with Gasteiger partial charge in [0, 0.05) is 25.2 Å². The van der Waals surface area contributed by atoms with Gasteiger partial charge in [-0.05, 0) is 30.7 Å². The fourth-order valence-electron chi connectivity index (χ4n) is 3.93. The summed E-state index contributed by atoms with van der Waals surface area (Å²) in [5.74, 6) is 1.23. The molecule has 126 valence electrons. The first-order valence-electron chi connectivity index (χ1n) is 8.26. The van der Waals surface area contributed by atoms with Gasteiger partial charge < -0.3 is 9.64 Å². The zero-order valence-corrected chi connectivity index (χ0v) is 13.3. The molecule has 1 aliphatic carbocycles. The van der Waals surface area contributed by atoms with Crippen molar-refractivity contribution in [2.75, 3.05) is 36.0 Å². The SMILES string of the molecule is O=C1OCCN1c1cc([N+](=O)[O-])ccc1N1CC2CC=CCC2C1. The Morgan fingerprint density at radius 3 is 2.42 bits per heavy atom. The van der Waals surface area contributed by atoms with E-state index in [0.717, 1.165) is 31.6 Å². The van der Waals surface area contributed by atoms with Crippen molar-refractivity contribution in [2.24, 2.45) is 11.8 Å². The van der Waals surface area contributed by atoms with Gasteiger partial charge in [-0.2, -0.15) is 0 Å². The molecule has 2 aliphatic heterocycles. The number of hydrogen-bond acceptors (Lipinski definition) is 5. The minimum absolute atomic E-state index is 0.00766. The maximum atomic E-state index is 12.0. The lowest BCUT2D eigenvalue weighted by Gasteiger charge is -2.25. The number of fused-ring (bicyclic) bond motifs is 1. The maximum Gasteiger partial charge on any atom is 0.414 e. The van der Waals surface area contributed by atoms with E-state index in [2.05, 4.69) is 17.1 Å². The third kappa shape index (κ3) is 2.50. The molecule has 0 spiro atoms. The summed E-state index contributed by atoms with van der Waals surface area (Å²) >= 11 is 0. The molecule has 2 unspecified atom stereocenters. The number of rotatable bonds is 3. The second-order valence-corrected chi connectivity index (χ2v) is 6.56. The zero-order valence-electron chi connectivity index (χ0n) is 13.3. The normalized spacial score (nSPS) is 25.8. The van der Waals surface area contributed by atoms with Crippen molar-refractivity contribution in [3.63, 3.8) is 0 Å². The Morgan fingerprint density at radius 1 is 1.12 bits per heavy atom. The Morgan fingerprint density at radius 2 is 1.83 bits per heavy atom. The molecule has 2 atom stereocenters. The van der Waals surface area contributed by atoms with Crippen LogP contribution < -0.4 is 9.80 Å². The number of cyclic esters (lactones) is 1. The molecule has 1 aromatic carbocycles. The van der Waals surface area contributed by atoms with Crippen LogP contribution >= 0.6 is 0 Å². The number of carbonyl (C=O) groups excluding carboxylic acids is 1. The van der Waals surface area contributed by atoms with Gasteiger partial charge in [0.1, 0.15) is 6.61 Å². The second kappa shape index (κ2) is 5.81. The van der Waals surface area contributed by atoms with Crippen LogP contribution in [0.5, 0.6) is 0 Å². The molecule has 0 saturated carbocycles. The topological polar surface area (TPSA) is 75.9 Å². The minimum Gasteiger partial charge on any atom is -0.447 e. The van der Waals surface area contributed by atoms with E-state index in [1.54, 1.807) is 6.07 Å². The quantitative estimate of drug-likeness (QED) is 0.484. The molecule has 7 heteroatoms. The van der Waals surface area contributed by atoms with Crippen molar-refractivity contribution in [3.05, 3.63) is 40.5 Å². The van der Waals surface area contributed by atoms with Crippen molar-refractivity contribution in [3.8, 4) is 0 Å². The summed E-state index contributed by atoms with van der Waals surface area (Å²) < 4.78 is 5.02. The molecule has 0 radical (unpaired) electrons. The Bertz CT molecular complexity index is 702. The van der Waals surface area contributed by atoms with Gasteiger partial charge in [-0.25, -0.2) is 4.79 Å². The van der Waals surface area contributed by atoms with Gasteiger partial charge in [0.15, 0.2) is 0 Å². The molecule has 0 aromatic heterocycles. The summed E-state index contributed by atoms with van der Waals surface area (Å²) in [6.07, 6.45) is 6.19. The maximum absolute atomic E-state index is 12.0. The predicted molar refractivity (Wildman–Crippen MR) is 89.4 cm³/mol. The number of allylic oxidation sites excluding steroid dienone is 2. The standard InChI is InChI=1S/C17H19N3O4/c21-17-19(7-8-24-17)16-9-14(20(22)23)5-6-15(16)18-10-12-3-1-2-4-13(12)11-18/h1-2,5-6,9,12-13H,3-4,7-8,10-11H2. The predicted octanol–water partition coefficient (Wildman–Crippen LogP) is 2.95. The van der Waals surface area contributed by atoms with E-state index < -0.39 is 11.0 Å². The number of ether oxygens (including phenoxy) is 1. The average Bonchev–Trinajstić information content (AvgIpc) is 3.20. The summed E-state index contributed by atoms with van der Waals surface area (Å²) in [5, 5.41) is 11.1. The Labute approximate surface area is 139 Å². The summed E-state index contributed by atoms with van der Waals surface area (Å²) in [5.41, 5.74) is 1.46. The fraction of sp³-hybridized carbons (Fsp3) is 0.471. The first-order chi connectivity index (χ1) is 11.6. The van der Waals surface area contributed by atoms with Crippen molar-refractivity contribution in [2.45, 2.75) is 12.8 Å². The highest BCUT2D eigenvalue weighted by Crippen LogP contribution is 2.41. The molecule has 2 saturated heterocycles. The molecule has 1 amide bonds. The van der Waals surface area contributed by atoms with Crippen LogP contribution in [0.15, 0.2) is 30.4 Å². The van der Waals surface area contributed by atoms with Crippen LogP contribution in [0, 0.1) is 22.0 Å². The Balaban J connectivity index is 1.69. The molecular formula is C17H19N3O4. The molecule has 2 heterocycles. The molecule has 24 heavy (non-hydrogen) atoms. The third-order valence-electron chi connectivity index (χ3n) is 5.18. The average molecular weight is 329 g/mol. The molecule has 0 bridgehead atoms. The molecule has 0 N–H and O–H groups in total. The molecule has 2 fully saturated rings. The zero-order chi connectivity index (χ0) is 16.7. The number of nitrogens with zero attached hydrogens (tertiary/aromatic N) is 3. The summed E-state index contributed by atoms with van der Waals surface area (Å²) in [6.45, 7) is 2.58. The second-order valence-electron chi connectivity index (χ2n) is 6.56. The van der Waals surface area contributed by atoms with E-state index in [1.165, 1.54) is 17.0 Å². The van der Waals surface area contributed by atoms with Crippen LogP contribution in [0.3, 0.4) is 0 Å². The van der Waals surface area contributed by atoms with Gasteiger partial charge in [0.05, 0.1) is 22.8 Å². The van der Waals surface area contributed by atoms with E-state index >= 15 is 0 Å². The number of carbonyl (C=O) groups is 1. The van der Waals surface area contributed by atoms with Gasteiger partial charge in [0.2, 0.25) is 0 Å². The number of anilines is 2.